The molecule has 0 saturated heterocycles. The third kappa shape index (κ3) is 2.54. The molecule has 26 heavy (non-hydrogen) atoms. The molecule has 1 aromatic carbocycles. The minimum Gasteiger partial charge on any atom is -0.387 e. The van der Waals surface area contributed by atoms with E-state index in [9.17, 15) is 15.2 Å². The van der Waals surface area contributed by atoms with Crippen molar-refractivity contribution in [3.05, 3.63) is 63.2 Å². The Kier molecular flexibility index (Phi) is 3.78. The molecule has 6 rings (SSSR count). The number of hydrogen-bond acceptors (Lipinski definition) is 3. The first-order valence-electron chi connectivity index (χ1n) is 9.92. The Bertz CT molecular complexity index is 762. The van der Waals surface area contributed by atoms with Crippen LogP contribution in [0.15, 0.2) is 47.6 Å². The zero-order chi connectivity index (χ0) is 17.8. The average Bonchev–Trinajstić information content (AvgIpc) is 3.09. The van der Waals surface area contributed by atoms with E-state index in [0.717, 1.165) is 35.7 Å². The van der Waals surface area contributed by atoms with Crippen molar-refractivity contribution in [1.29, 1.82) is 0 Å². The summed E-state index contributed by atoms with van der Waals surface area (Å²) in [4.78, 5) is 10.5. The lowest BCUT2D eigenvalue weighted by Crippen LogP contribution is -2.41. The van der Waals surface area contributed by atoms with Gasteiger partial charge < -0.3 is 5.11 Å². The quantitative estimate of drug-likeness (QED) is 0.476. The topological polar surface area (TPSA) is 63.4 Å². The van der Waals surface area contributed by atoms with Gasteiger partial charge in [0.25, 0.3) is 5.69 Å². The van der Waals surface area contributed by atoms with Gasteiger partial charge in [0.05, 0.1) is 11.0 Å². The number of benzene rings is 1. The lowest BCUT2D eigenvalue weighted by atomic mass is 9.53. The van der Waals surface area contributed by atoms with Crippen LogP contribution in [0.2, 0.25) is 0 Å². The summed E-state index contributed by atoms with van der Waals surface area (Å²) in [7, 11) is 0. The Morgan fingerprint density at radius 2 is 1.62 bits per heavy atom. The summed E-state index contributed by atoms with van der Waals surface area (Å²) < 4.78 is 0. The molecule has 4 saturated carbocycles. The first-order chi connectivity index (χ1) is 12.6. The summed E-state index contributed by atoms with van der Waals surface area (Å²) in [6, 6.07) is 6.39. The smallest absolute Gasteiger partial charge is 0.269 e. The fourth-order valence-corrected chi connectivity index (χ4v) is 6.42. The Morgan fingerprint density at radius 1 is 1.00 bits per heavy atom. The van der Waals surface area contributed by atoms with Gasteiger partial charge in [-0.3, -0.25) is 10.1 Å². The fourth-order valence-electron chi connectivity index (χ4n) is 6.42. The Hall–Kier alpha value is -1.94. The molecule has 0 amide bonds. The van der Waals surface area contributed by atoms with Crippen molar-refractivity contribution in [2.75, 3.05) is 0 Å². The molecule has 4 bridgehead atoms. The second-order valence-electron chi connectivity index (χ2n) is 8.74. The number of nitrogens with zero attached hydrogens (tertiary/aromatic N) is 1. The van der Waals surface area contributed by atoms with Gasteiger partial charge in [-0.2, -0.15) is 0 Å². The summed E-state index contributed by atoms with van der Waals surface area (Å²) in [6.45, 7) is 0. The van der Waals surface area contributed by atoms with Crippen LogP contribution in [0.1, 0.15) is 50.2 Å². The maximum atomic E-state index is 11.0. The van der Waals surface area contributed by atoms with E-state index in [1.54, 1.807) is 17.7 Å². The molecule has 1 N–H and O–H groups in total. The van der Waals surface area contributed by atoms with Crippen molar-refractivity contribution in [2.24, 2.45) is 29.6 Å². The van der Waals surface area contributed by atoms with Crippen LogP contribution in [-0.2, 0) is 0 Å². The van der Waals surface area contributed by atoms with E-state index >= 15 is 0 Å². The molecular formula is C22H25NO3. The van der Waals surface area contributed by atoms with Gasteiger partial charge in [-0.15, -0.1) is 0 Å². The van der Waals surface area contributed by atoms with Crippen molar-refractivity contribution in [3.8, 4) is 0 Å². The zero-order valence-electron chi connectivity index (χ0n) is 14.9. The maximum absolute atomic E-state index is 11.0. The second-order valence-corrected chi connectivity index (χ2v) is 8.74. The normalized spacial score (nSPS) is 36.0. The second kappa shape index (κ2) is 6.05. The number of aliphatic hydroxyl groups is 1. The van der Waals surface area contributed by atoms with Crippen molar-refractivity contribution in [1.82, 2.24) is 0 Å². The maximum Gasteiger partial charge on any atom is 0.269 e. The first-order valence-corrected chi connectivity index (χ1v) is 9.92. The molecular weight excluding hydrogens is 326 g/mol. The van der Waals surface area contributed by atoms with E-state index in [0.29, 0.717) is 0 Å². The van der Waals surface area contributed by atoms with E-state index < -0.39 is 11.0 Å². The van der Waals surface area contributed by atoms with Crippen LogP contribution >= 0.6 is 0 Å². The van der Waals surface area contributed by atoms with E-state index in [1.807, 2.05) is 0 Å². The van der Waals surface area contributed by atoms with E-state index in [2.05, 4.69) is 12.2 Å². The summed E-state index contributed by atoms with van der Waals surface area (Å²) in [5.41, 5.74) is 3.97. The highest BCUT2D eigenvalue weighted by Gasteiger charge is 2.47. The number of nitro groups is 1. The highest BCUT2D eigenvalue weighted by Crippen LogP contribution is 2.58. The summed E-state index contributed by atoms with van der Waals surface area (Å²) in [6.07, 6.45) is 11.6. The Labute approximate surface area is 153 Å². The van der Waals surface area contributed by atoms with Crippen LogP contribution in [0.5, 0.6) is 0 Å². The molecule has 0 aromatic heterocycles. The van der Waals surface area contributed by atoms with E-state index in [-0.39, 0.29) is 11.6 Å². The monoisotopic (exact) mass is 351 g/mol. The van der Waals surface area contributed by atoms with Gasteiger partial charge in [-0.25, -0.2) is 0 Å². The average molecular weight is 351 g/mol. The van der Waals surface area contributed by atoms with Crippen molar-refractivity contribution < 1.29 is 10.0 Å². The molecule has 0 unspecified atom stereocenters. The van der Waals surface area contributed by atoms with Crippen LogP contribution in [0.3, 0.4) is 0 Å². The van der Waals surface area contributed by atoms with Crippen LogP contribution in [-0.4, -0.2) is 10.0 Å². The number of non-ortho nitro benzene ring substituents is 1. The van der Waals surface area contributed by atoms with E-state index in [4.69, 9.17) is 0 Å². The highest BCUT2D eigenvalue weighted by molar-refractivity contribution is 5.39. The number of rotatable bonds is 3. The van der Waals surface area contributed by atoms with Crippen molar-refractivity contribution in [2.45, 2.75) is 44.6 Å². The standard InChI is InChI=1S/C22H25NO3/c24-22(15-4-6-18(7-5-15)23(25)26)20-3-1-2-19(20)21-16-9-13-8-14(11-16)12-17(21)10-13/h1,3-7,13-14,16-17,20,22,24H,2,8-12H2/t13?,14?,16?,17?,20-,22+/m0/s1. The summed E-state index contributed by atoms with van der Waals surface area (Å²) >= 11 is 0. The minimum atomic E-state index is -0.616. The third-order valence-corrected chi connectivity index (χ3v) is 7.26. The molecule has 2 atom stereocenters. The summed E-state index contributed by atoms with van der Waals surface area (Å²) in [5, 5.41) is 21.9. The lowest BCUT2D eigenvalue weighted by Gasteiger charge is -2.52. The molecule has 136 valence electrons. The minimum absolute atomic E-state index is 0.0315. The van der Waals surface area contributed by atoms with Gasteiger partial charge >= 0.3 is 0 Å². The van der Waals surface area contributed by atoms with Gasteiger partial charge in [0.15, 0.2) is 0 Å². The molecule has 4 heteroatoms. The van der Waals surface area contributed by atoms with Crippen molar-refractivity contribution in [3.63, 3.8) is 0 Å². The molecule has 0 heterocycles. The highest BCUT2D eigenvalue weighted by atomic mass is 16.6. The van der Waals surface area contributed by atoms with Crippen LogP contribution in [0.4, 0.5) is 5.69 Å². The van der Waals surface area contributed by atoms with Gasteiger partial charge in [0.1, 0.15) is 0 Å². The fraction of sp³-hybridized carbons (Fsp3) is 0.545. The van der Waals surface area contributed by atoms with Gasteiger partial charge in [0, 0.05) is 18.1 Å². The largest absolute Gasteiger partial charge is 0.387 e. The Balaban J connectivity index is 1.45. The molecule has 4 fully saturated rings. The molecule has 0 radical (unpaired) electrons. The van der Waals surface area contributed by atoms with Crippen molar-refractivity contribution >= 4 is 5.69 Å². The lowest BCUT2D eigenvalue weighted by molar-refractivity contribution is -0.384. The Morgan fingerprint density at radius 3 is 2.19 bits per heavy atom. The molecule has 5 aliphatic rings. The number of aliphatic hydroxyl groups excluding tert-OH is 1. The zero-order valence-corrected chi connectivity index (χ0v) is 14.9. The number of hydrogen-bond donors (Lipinski definition) is 1. The molecule has 4 nitrogen and oxygen atoms in total. The molecule has 0 spiro atoms. The third-order valence-electron chi connectivity index (χ3n) is 7.26. The van der Waals surface area contributed by atoms with Crippen LogP contribution < -0.4 is 0 Å². The number of nitro benzene ring substituents is 1. The first kappa shape index (κ1) is 16.2. The predicted octanol–water partition coefficient (Wildman–Crippen LogP) is 4.96. The molecule has 1 aromatic rings. The number of allylic oxidation sites excluding steroid dienone is 2. The van der Waals surface area contributed by atoms with Gasteiger partial charge in [-0.05, 0) is 79.9 Å². The summed E-state index contributed by atoms with van der Waals surface area (Å²) in [5.74, 6) is 3.40. The predicted molar refractivity (Wildman–Crippen MR) is 99.4 cm³/mol. The van der Waals surface area contributed by atoms with Gasteiger partial charge in [-0.1, -0.05) is 23.3 Å². The molecule has 5 aliphatic carbocycles. The SMILES string of the molecule is O=[N+]([O-])c1ccc([C@@H](O)[C@H]2C=CCC2=C2C3CC4CC(C3)CC2C4)cc1. The van der Waals surface area contributed by atoms with E-state index in [1.165, 1.54) is 49.8 Å². The van der Waals surface area contributed by atoms with Crippen LogP contribution in [0, 0.1) is 39.7 Å². The van der Waals surface area contributed by atoms with Gasteiger partial charge in [0.2, 0.25) is 0 Å². The van der Waals surface area contributed by atoms with Crippen LogP contribution in [0.25, 0.3) is 0 Å². The molecule has 0 aliphatic heterocycles.